The maximum absolute atomic E-state index is 12.8. The number of nitrogens with one attached hydrogen (secondary N) is 1. The van der Waals surface area contributed by atoms with E-state index in [9.17, 15) is 9.59 Å². The molecule has 0 saturated carbocycles. The summed E-state index contributed by atoms with van der Waals surface area (Å²) in [6, 6.07) is 0. The van der Waals surface area contributed by atoms with Crippen LogP contribution < -0.4 is 5.56 Å². The average molecular weight is 453 g/mol. The van der Waals surface area contributed by atoms with E-state index in [0.29, 0.717) is 44.7 Å². The molecule has 2 aromatic rings. The van der Waals surface area contributed by atoms with Crippen molar-refractivity contribution in [3.63, 3.8) is 0 Å². The number of hydrogen-bond acceptors (Lipinski definition) is 7. The fourth-order valence-corrected chi connectivity index (χ4v) is 6.06. The number of piperazine rings is 1. The largest absolute Gasteiger partial charge is 0.340 e. The lowest BCUT2D eigenvalue weighted by Gasteiger charge is -2.34. The molecule has 0 spiro atoms. The van der Waals surface area contributed by atoms with E-state index in [-0.39, 0.29) is 11.5 Å². The Morgan fingerprint density at radius 1 is 1.16 bits per heavy atom. The highest BCUT2D eigenvalue weighted by atomic mass is 32.1. The van der Waals surface area contributed by atoms with Crippen LogP contribution in [0.3, 0.4) is 0 Å². The van der Waals surface area contributed by atoms with Gasteiger partial charge in [0.2, 0.25) is 5.91 Å². The molecule has 0 unspecified atom stereocenters. The number of aryl methyl sites for hydroxylation is 2. The molecule has 8 nitrogen and oxygen atoms in total. The molecule has 1 N–H and O–H groups in total. The van der Waals surface area contributed by atoms with E-state index in [1.807, 2.05) is 4.90 Å². The summed E-state index contributed by atoms with van der Waals surface area (Å²) < 4.78 is 0. The Bertz CT molecular complexity index is 1150. The van der Waals surface area contributed by atoms with Crippen molar-refractivity contribution in [2.75, 3.05) is 26.2 Å². The zero-order valence-corrected chi connectivity index (χ0v) is 19.0. The van der Waals surface area contributed by atoms with E-state index >= 15 is 0 Å². The lowest BCUT2D eigenvalue weighted by molar-refractivity contribution is -0.133. The third-order valence-electron chi connectivity index (χ3n) is 6.76. The zero-order valence-electron chi connectivity index (χ0n) is 18.2. The lowest BCUT2D eigenvalue weighted by Crippen LogP contribution is -2.48. The van der Waals surface area contributed by atoms with E-state index in [1.165, 1.54) is 16.9 Å². The third-order valence-corrected chi connectivity index (χ3v) is 7.95. The summed E-state index contributed by atoms with van der Waals surface area (Å²) in [5.41, 5.74) is 0.811. The lowest BCUT2D eigenvalue weighted by atomic mass is 9.97. The summed E-state index contributed by atoms with van der Waals surface area (Å²) in [7, 11) is 0. The SMILES string of the molecule is C#CCCC1(CCC(=O)N2CCN(Cc3nc4sc5c(c4c(=O)[nH]3)CCCC5)CC2)N=N1. The summed E-state index contributed by atoms with van der Waals surface area (Å²) in [5, 5.41) is 9.03. The van der Waals surface area contributed by atoms with Crippen molar-refractivity contribution in [3.05, 3.63) is 26.6 Å². The Labute approximate surface area is 191 Å². The molecule has 0 bridgehead atoms. The van der Waals surface area contributed by atoms with Crippen LogP contribution in [0.25, 0.3) is 10.2 Å². The normalized spacial score (nSPS) is 19.7. The van der Waals surface area contributed by atoms with E-state index in [4.69, 9.17) is 11.4 Å². The number of carbonyl (C=O) groups is 1. The minimum absolute atomic E-state index is 0.00659. The van der Waals surface area contributed by atoms with Crippen molar-refractivity contribution >= 4 is 27.5 Å². The van der Waals surface area contributed by atoms with Crippen molar-refractivity contribution in [1.82, 2.24) is 19.8 Å². The van der Waals surface area contributed by atoms with Gasteiger partial charge in [0, 0.05) is 56.7 Å². The summed E-state index contributed by atoms with van der Waals surface area (Å²) >= 11 is 1.68. The van der Waals surface area contributed by atoms with Gasteiger partial charge in [-0.15, -0.1) is 23.7 Å². The molecule has 3 aliphatic rings. The summed E-state index contributed by atoms with van der Waals surface area (Å²) in [6.45, 7) is 3.51. The van der Waals surface area contributed by atoms with Gasteiger partial charge in [0.15, 0.2) is 5.66 Å². The number of aromatic nitrogens is 2. The molecule has 0 aromatic carbocycles. The van der Waals surface area contributed by atoms with Gasteiger partial charge in [-0.3, -0.25) is 14.5 Å². The Kier molecular flexibility index (Phi) is 5.82. The minimum atomic E-state index is -0.402. The van der Waals surface area contributed by atoms with Crippen molar-refractivity contribution < 1.29 is 4.79 Å². The average Bonchev–Trinajstić information content (AvgIpc) is 3.47. The number of terminal acetylenes is 1. The second kappa shape index (κ2) is 8.75. The smallest absolute Gasteiger partial charge is 0.259 e. The number of rotatable bonds is 7. The van der Waals surface area contributed by atoms with E-state index in [2.05, 4.69) is 26.0 Å². The van der Waals surface area contributed by atoms with Crippen molar-refractivity contribution in [3.8, 4) is 12.3 Å². The molecule has 1 amide bonds. The fourth-order valence-electron chi connectivity index (χ4n) is 4.78. The maximum Gasteiger partial charge on any atom is 0.259 e. The molecular formula is C23H28N6O2S. The number of amides is 1. The predicted molar refractivity (Wildman–Crippen MR) is 124 cm³/mol. The van der Waals surface area contributed by atoms with Gasteiger partial charge in [0.1, 0.15) is 10.7 Å². The molecule has 1 saturated heterocycles. The van der Waals surface area contributed by atoms with Crippen molar-refractivity contribution in [1.29, 1.82) is 0 Å². The Balaban J connectivity index is 1.15. The van der Waals surface area contributed by atoms with Crippen LogP contribution in [0, 0.1) is 12.3 Å². The number of thiophene rings is 1. The molecule has 2 aliphatic heterocycles. The van der Waals surface area contributed by atoms with E-state index in [0.717, 1.165) is 49.0 Å². The molecule has 1 fully saturated rings. The van der Waals surface area contributed by atoms with Crippen LogP contribution in [-0.4, -0.2) is 57.5 Å². The molecular weight excluding hydrogens is 424 g/mol. The monoisotopic (exact) mass is 452 g/mol. The summed E-state index contributed by atoms with van der Waals surface area (Å²) in [4.78, 5) is 39.5. The van der Waals surface area contributed by atoms with Gasteiger partial charge in [-0.1, -0.05) is 0 Å². The first-order valence-corrected chi connectivity index (χ1v) is 12.3. The number of fused-ring (bicyclic) bond motifs is 3. The number of aromatic amines is 1. The first kappa shape index (κ1) is 21.3. The topological polar surface area (TPSA) is 94.0 Å². The van der Waals surface area contributed by atoms with Gasteiger partial charge in [-0.25, -0.2) is 4.98 Å². The first-order valence-electron chi connectivity index (χ1n) is 11.5. The number of carbonyl (C=O) groups excluding carboxylic acids is 1. The van der Waals surface area contributed by atoms with Gasteiger partial charge >= 0.3 is 0 Å². The molecule has 168 valence electrons. The van der Waals surface area contributed by atoms with Crippen LogP contribution in [0.1, 0.15) is 54.8 Å². The number of hydrogen-bond donors (Lipinski definition) is 1. The molecule has 0 atom stereocenters. The van der Waals surface area contributed by atoms with Gasteiger partial charge < -0.3 is 9.88 Å². The Hall–Kier alpha value is -2.57. The molecule has 1 aliphatic carbocycles. The predicted octanol–water partition coefficient (Wildman–Crippen LogP) is 2.86. The molecule has 2 aromatic heterocycles. The van der Waals surface area contributed by atoms with E-state index in [1.54, 1.807) is 11.3 Å². The minimum Gasteiger partial charge on any atom is -0.340 e. The second-order valence-corrected chi connectivity index (χ2v) is 10.0. The second-order valence-electron chi connectivity index (χ2n) is 8.95. The highest BCUT2D eigenvalue weighted by molar-refractivity contribution is 7.18. The Morgan fingerprint density at radius 2 is 1.94 bits per heavy atom. The van der Waals surface area contributed by atoms with Gasteiger partial charge in [0.05, 0.1) is 11.9 Å². The van der Waals surface area contributed by atoms with Crippen LogP contribution in [0.4, 0.5) is 0 Å². The van der Waals surface area contributed by atoms with Crippen LogP contribution in [0.15, 0.2) is 15.0 Å². The zero-order chi connectivity index (χ0) is 22.1. The van der Waals surface area contributed by atoms with E-state index < -0.39 is 5.66 Å². The van der Waals surface area contributed by atoms with Gasteiger partial charge in [-0.2, -0.15) is 10.2 Å². The number of H-pyrrole nitrogens is 1. The Morgan fingerprint density at radius 3 is 2.69 bits per heavy atom. The van der Waals surface area contributed by atoms with Crippen LogP contribution in [-0.2, 0) is 24.2 Å². The van der Waals surface area contributed by atoms with Crippen molar-refractivity contribution in [2.45, 2.75) is 63.6 Å². The molecule has 32 heavy (non-hydrogen) atoms. The molecule has 0 radical (unpaired) electrons. The van der Waals surface area contributed by atoms with Gasteiger partial charge in [0.25, 0.3) is 5.56 Å². The first-order chi connectivity index (χ1) is 15.6. The fraction of sp³-hybridized carbons (Fsp3) is 0.609. The molecule has 9 heteroatoms. The maximum atomic E-state index is 12.8. The third kappa shape index (κ3) is 4.34. The highest BCUT2D eigenvalue weighted by Crippen LogP contribution is 2.38. The number of nitrogens with zero attached hydrogens (tertiary/aromatic N) is 5. The quantitative estimate of drug-likeness (QED) is 0.654. The van der Waals surface area contributed by atoms with Crippen LogP contribution >= 0.6 is 11.3 Å². The molecule has 4 heterocycles. The van der Waals surface area contributed by atoms with Crippen LogP contribution in [0.2, 0.25) is 0 Å². The highest BCUT2D eigenvalue weighted by Gasteiger charge is 2.39. The summed E-state index contributed by atoms with van der Waals surface area (Å²) in [5.74, 6) is 3.49. The van der Waals surface area contributed by atoms with Crippen LogP contribution in [0.5, 0.6) is 0 Å². The van der Waals surface area contributed by atoms with Crippen molar-refractivity contribution in [2.24, 2.45) is 10.2 Å². The standard InChI is InChI=1S/C23H28N6O2S/c1-2-3-9-23(26-27-23)10-8-19(30)29-13-11-28(12-14-29)15-18-24-21(31)20-16-6-4-5-7-17(16)32-22(20)25-18/h1H,3-15H2,(H,24,25,31). The van der Waals surface area contributed by atoms with Gasteiger partial charge in [-0.05, 0) is 31.2 Å². The summed E-state index contributed by atoms with van der Waals surface area (Å²) in [6.07, 6.45) is 12.2. The molecule has 5 rings (SSSR count).